The number of hydrogen-bond donors (Lipinski definition) is 3. The first kappa shape index (κ1) is 19.1. The molecule has 1 aliphatic rings. The van der Waals surface area contributed by atoms with Crippen molar-refractivity contribution >= 4 is 12.1 Å². The van der Waals surface area contributed by atoms with E-state index in [2.05, 4.69) is 40.4 Å². The smallest absolute Gasteiger partial charge is 0.258 e. The van der Waals surface area contributed by atoms with Crippen LogP contribution in [0.1, 0.15) is 43.0 Å². The van der Waals surface area contributed by atoms with Gasteiger partial charge in [0.15, 0.2) is 0 Å². The first-order valence-electron chi connectivity index (χ1n) is 9.35. The van der Waals surface area contributed by atoms with E-state index in [1.807, 2.05) is 43.3 Å². The number of ether oxygens (including phenoxy) is 1. The molecule has 2 aromatic carbocycles. The highest BCUT2D eigenvalue weighted by Gasteiger charge is 2.29. The molecule has 0 aromatic heterocycles. The predicted molar refractivity (Wildman–Crippen MR) is 107 cm³/mol. The normalized spacial score (nSPS) is 19.3. The van der Waals surface area contributed by atoms with Crippen molar-refractivity contribution in [3.05, 3.63) is 65.2 Å². The molecule has 3 rings (SSSR count). The molecule has 0 bridgehead atoms. The number of carbonyl (C=O) groups excluding carboxylic acids is 1. The van der Waals surface area contributed by atoms with Crippen molar-refractivity contribution in [3.63, 3.8) is 0 Å². The molecule has 0 aliphatic carbocycles. The minimum atomic E-state index is -0.332. The minimum absolute atomic E-state index is 0.0713. The van der Waals surface area contributed by atoms with E-state index in [1.54, 1.807) is 6.21 Å². The molecule has 1 amide bonds. The van der Waals surface area contributed by atoms with Crippen molar-refractivity contribution in [1.82, 2.24) is 16.3 Å². The van der Waals surface area contributed by atoms with Crippen LogP contribution in [0.15, 0.2) is 53.6 Å². The maximum Gasteiger partial charge on any atom is 0.258 e. The van der Waals surface area contributed by atoms with Crippen molar-refractivity contribution in [2.75, 3.05) is 6.61 Å². The molecule has 0 radical (unpaired) electrons. The van der Waals surface area contributed by atoms with Crippen LogP contribution in [0.5, 0.6) is 5.75 Å². The fourth-order valence-electron chi connectivity index (χ4n) is 3.00. The molecule has 1 heterocycles. The zero-order chi connectivity index (χ0) is 19.1. The van der Waals surface area contributed by atoms with Gasteiger partial charge in [0, 0.05) is 6.04 Å². The van der Waals surface area contributed by atoms with E-state index in [4.69, 9.17) is 4.74 Å². The molecule has 3 N–H and O–H groups in total. The van der Waals surface area contributed by atoms with Crippen molar-refractivity contribution in [2.24, 2.45) is 5.10 Å². The van der Waals surface area contributed by atoms with Gasteiger partial charge < -0.3 is 4.74 Å². The van der Waals surface area contributed by atoms with Gasteiger partial charge in [-0.05, 0) is 48.6 Å². The van der Waals surface area contributed by atoms with Gasteiger partial charge in [-0.2, -0.15) is 5.10 Å². The summed E-state index contributed by atoms with van der Waals surface area (Å²) in [5, 5.41) is 4.06. The lowest BCUT2D eigenvalue weighted by Crippen LogP contribution is -2.41. The number of rotatable bonds is 7. The summed E-state index contributed by atoms with van der Waals surface area (Å²) in [5.41, 5.74) is 12.2. The Morgan fingerprint density at radius 2 is 1.89 bits per heavy atom. The third kappa shape index (κ3) is 5.15. The maximum absolute atomic E-state index is 12.3. The number of amides is 1. The summed E-state index contributed by atoms with van der Waals surface area (Å²) in [7, 11) is 0. The number of hydrogen-bond acceptors (Lipinski definition) is 5. The van der Waals surface area contributed by atoms with Gasteiger partial charge in [0.25, 0.3) is 5.91 Å². The Balaban J connectivity index is 1.50. The average Bonchev–Trinajstić information content (AvgIpc) is 3.20. The van der Waals surface area contributed by atoms with Gasteiger partial charge in [-0.15, -0.1) is 0 Å². The standard InChI is InChI=1S/C21H26N4O2/c1-3-15-5-7-16(8-6-15)14-22-25-21(26)20-13-19(23-24-20)17-9-11-18(12-10-17)27-4-2/h5-12,14,19-20,23-24H,3-4,13H2,1-2H3,(H,25,26)/b22-14+. The van der Waals surface area contributed by atoms with Gasteiger partial charge >= 0.3 is 0 Å². The van der Waals surface area contributed by atoms with E-state index >= 15 is 0 Å². The average molecular weight is 366 g/mol. The molecule has 6 nitrogen and oxygen atoms in total. The van der Waals surface area contributed by atoms with Crippen LogP contribution in [0, 0.1) is 0 Å². The molecule has 27 heavy (non-hydrogen) atoms. The van der Waals surface area contributed by atoms with E-state index in [0.717, 1.165) is 23.3 Å². The van der Waals surface area contributed by atoms with Crippen LogP contribution in [-0.4, -0.2) is 24.8 Å². The van der Waals surface area contributed by atoms with Gasteiger partial charge in [-0.3, -0.25) is 4.79 Å². The number of carbonyl (C=O) groups is 1. The van der Waals surface area contributed by atoms with Crippen molar-refractivity contribution in [1.29, 1.82) is 0 Å². The van der Waals surface area contributed by atoms with Crippen LogP contribution in [0.25, 0.3) is 0 Å². The second-order valence-electron chi connectivity index (χ2n) is 6.46. The summed E-state index contributed by atoms with van der Waals surface area (Å²) in [4.78, 5) is 12.3. The van der Waals surface area contributed by atoms with E-state index in [9.17, 15) is 4.79 Å². The van der Waals surface area contributed by atoms with Crippen LogP contribution in [0.3, 0.4) is 0 Å². The van der Waals surface area contributed by atoms with Crippen molar-refractivity contribution in [3.8, 4) is 5.75 Å². The maximum atomic E-state index is 12.3. The molecule has 2 unspecified atom stereocenters. The molecule has 0 saturated carbocycles. The Labute approximate surface area is 160 Å². The van der Waals surface area contributed by atoms with Gasteiger partial charge in [0.2, 0.25) is 0 Å². The van der Waals surface area contributed by atoms with Crippen LogP contribution in [-0.2, 0) is 11.2 Å². The zero-order valence-electron chi connectivity index (χ0n) is 15.7. The summed E-state index contributed by atoms with van der Waals surface area (Å²) < 4.78 is 5.46. The first-order valence-corrected chi connectivity index (χ1v) is 9.35. The molecule has 6 heteroatoms. The fourth-order valence-corrected chi connectivity index (χ4v) is 3.00. The zero-order valence-corrected chi connectivity index (χ0v) is 15.7. The number of hydrazine groups is 1. The fraction of sp³-hybridized carbons (Fsp3) is 0.333. The minimum Gasteiger partial charge on any atom is -0.494 e. The van der Waals surface area contributed by atoms with Crippen LogP contribution >= 0.6 is 0 Å². The molecule has 1 fully saturated rings. The van der Waals surface area contributed by atoms with Gasteiger partial charge in [0.05, 0.1) is 12.8 Å². The largest absolute Gasteiger partial charge is 0.494 e. The number of hydrazone groups is 1. The van der Waals surface area contributed by atoms with Crippen molar-refractivity contribution in [2.45, 2.75) is 38.8 Å². The molecule has 2 aromatic rings. The highest BCUT2D eigenvalue weighted by atomic mass is 16.5. The van der Waals surface area contributed by atoms with Gasteiger partial charge in [-0.1, -0.05) is 43.3 Å². The summed E-state index contributed by atoms with van der Waals surface area (Å²) in [6, 6.07) is 15.8. The Bertz CT molecular complexity index is 772. The van der Waals surface area contributed by atoms with Crippen LogP contribution < -0.4 is 21.0 Å². The quantitative estimate of drug-likeness (QED) is 0.520. The monoisotopic (exact) mass is 366 g/mol. The number of nitrogens with one attached hydrogen (secondary N) is 3. The Morgan fingerprint density at radius 1 is 1.15 bits per heavy atom. The predicted octanol–water partition coefficient (Wildman–Crippen LogP) is 2.71. The number of aryl methyl sites for hydroxylation is 1. The molecular formula is C21H26N4O2. The van der Waals surface area contributed by atoms with Crippen LogP contribution in [0.4, 0.5) is 0 Å². The van der Waals surface area contributed by atoms with Gasteiger partial charge in [-0.25, -0.2) is 16.3 Å². The Morgan fingerprint density at radius 3 is 2.56 bits per heavy atom. The third-order valence-corrected chi connectivity index (χ3v) is 4.59. The Hall–Kier alpha value is -2.70. The first-order chi connectivity index (χ1) is 13.2. The van der Waals surface area contributed by atoms with E-state index in [1.165, 1.54) is 5.56 Å². The number of benzene rings is 2. The third-order valence-electron chi connectivity index (χ3n) is 4.59. The molecule has 2 atom stereocenters. The molecule has 0 spiro atoms. The topological polar surface area (TPSA) is 74.8 Å². The summed E-state index contributed by atoms with van der Waals surface area (Å²) in [6.07, 6.45) is 3.31. The lowest BCUT2D eigenvalue weighted by molar-refractivity contribution is -0.122. The number of nitrogens with zero attached hydrogens (tertiary/aromatic N) is 1. The van der Waals surface area contributed by atoms with E-state index < -0.39 is 0 Å². The summed E-state index contributed by atoms with van der Waals surface area (Å²) >= 11 is 0. The molecular weight excluding hydrogens is 340 g/mol. The SMILES string of the molecule is CCOc1ccc(C2CC(C(=O)N/N=C/c3ccc(CC)cc3)NN2)cc1. The molecule has 1 aliphatic heterocycles. The highest BCUT2D eigenvalue weighted by Crippen LogP contribution is 2.24. The van der Waals surface area contributed by atoms with E-state index in [0.29, 0.717) is 13.0 Å². The lowest BCUT2D eigenvalue weighted by atomic mass is 10.0. The molecule has 1 saturated heterocycles. The lowest BCUT2D eigenvalue weighted by Gasteiger charge is -2.10. The van der Waals surface area contributed by atoms with Crippen LogP contribution in [0.2, 0.25) is 0 Å². The second-order valence-corrected chi connectivity index (χ2v) is 6.46. The molecule has 142 valence electrons. The van der Waals surface area contributed by atoms with Crippen molar-refractivity contribution < 1.29 is 9.53 Å². The second kappa shape index (κ2) is 9.30. The highest BCUT2D eigenvalue weighted by molar-refractivity contribution is 5.85. The Kier molecular flexibility index (Phi) is 6.57. The van der Waals surface area contributed by atoms with E-state index in [-0.39, 0.29) is 18.0 Å². The van der Waals surface area contributed by atoms with Gasteiger partial charge in [0.1, 0.15) is 11.8 Å². The summed E-state index contributed by atoms with van der Waals surface area (Å²) in [5.74, 6) is 0.695. The summed E-state index contributed by atoms with van der Waals surface area (Å²) in [6.45, 7) is 4.73.